The Labute approximate surface area is 220 Å². The second kappa shape index (κ2) is 11.5. The van der Waals surface area contributed by atoms with Crippen LogP contribution in [0, 0.1) is 13.8 Å². The average Bonchev–Trinajstić information content (AvgIpc) is 3.26. The highest BCUT2D eigenvalue weighted by molar-refractivity contribution is 7.90. The van der Waals surface area contributed by atoms with Crippen molar-refractivity contribution in [2.24, 2.45) is 0 Å². The molecule has 0 radical (unpaired) electrons. The first kappa shape index (κ1) is 27.5. The van der Waals surface area contributed by atoms with Crippen molar-refractivity contribution in [2.45, 2.75) is 43.3 Å². The van der Waals surface area contributed by atoms with Crippen LogP contribution in [0.4, 0.5) is 8.78 Å². The SMILES string of the molecule is COc1ccccc1S(=O)(=O)Cc1cccc(OC2CN(C(=O)c3cc(C)ccc3C)CC2OC(F)F)c1. The van der Waals surface area contributed by atoms with Gasteiger partial charge in [0.2, 0.25) is 0 Å². The molecular formula is C28H29F2NO6S. The van der Waals surface area contributed by atoms with Crippen LogP contribution in [0.3, 0.4) is 0 Å². The van der Waals surface area contributed by atoms with Gasteiger partial charge in [0.05, 0.1) is 26.0 Å². The number of hydrogen-bond acceptors (Lipinski definition) is 6. The molecule has 202 valence electrons. The van der Waals surface area contributed by atoms with Crippen molar-refractivity contribution in [3.8, 4) is 11.5 Å². The minimum atomic E-state index is -3.74. The molecule has 38 heavy (non-hydrogen) atoms. The summed E-state index contributed by atoms with van der Waals surface area (Å²) in [5.74, 6) is -0.0846. The number of likely N-dealkylation sites (tertiary alicyclic amines) is 1. The fourth-order valence-electron chi connectivity index (χ4n) is 4.48. The van der Waals surface area contributed by atoms with Gasteiger partial charge in [-0.15, -0.1) is 0 Å². The first-order valence-corrected chi connectivity index (χ1v) is 13.6. The summed E-state index contributed by atoms with van der Waals surface area (Å²) in [5, 5.41) is 0. The predicted molar refractivity (Wildman–Crippen MR) is 137 cm³/mol. The third kappa shape index (κ3) is 6.31. The summed E-state index contributed by atoms with van der Waals surface area (Å²) in [6.07, 6.45) is -1.94. The number of carbonyl (C=O) groups is 1. The largest absolute Gasteiger partial charge is 0.495 e. The molecule has 3 aromatic carbocycles. The number of aryl methyl sites for hydroxylation is 2. The standard InChI is InChI=1S/C28H29F2NO6S/c1-18-11-12-19(2)22(13-18)27(32)31-15-24(25(16-31)37-28(29)30)36-21-8-6-7-20(14-21)17-38(33,34)26-10-5-4-9-23(26)35-3/h4-14,24-25,28H,15-17H2,1-3H3. The molecule has 10 heteroatoms. The van der Waals surface area contributed by atoms with Crippen molar-refractivity contribution in [1.29, 1.82) is 0 Å². The zero-order chi connectivity index (χ0) is 27.4. The smallest absolute Gasteiger partial charge is 0.345 e. The minimum Gasteiger partial charge on any atom is -0.495 e. The molecular weight excluding hydrogens is 516 g/mol. The summed E-state index contributed by atoms with van der Waals surface area (Å²) >= 11 is 0. The maximum absolute atomic E-state index is 13.2. The fraction of sp³-hybridized carbons (Fsp3) is 0.321. The molecule has 1 aliphatic heterocycles. The zero-order valence-corrected chi connectivity index (χ0v) is 22.1. The summed E-state index contributed by atoms with van der Waals surface area (Å²) in [6.45, 7) is 0.611. The van der Waals surface area contributed by atoms with Gasteiger partial charge >= 0.3 is 6.61 Å². The van der Waals surface area contributed by atoms with Crippen LogP contribution in [0.5, 0.6) is 11.5 Å². The molecule has 0 bridgehead atoms. The first-order chi connectivity index (χ1) is 18.1. The number of nitrogens with zero attached hydrogens (tertiary/aromatic N) is 1. The van der Waals surface area contributed by atoms with Crippen LogP contribution < -0.4 is 9.47 Å². The number of sulfone groups is 1. The van der Waals surface area contributed by atoms with Gasteiger partial charge in [-0.1, -0.05) is 42.0 Å². The van der Waals surface area contributed by atoms with Crippen LogP contribution in [0.15, 0.2) is 71.6 Å². The van der Waals surface area contributed by atoms with Crippen LogP contribution in [0.1, 0.15) is 27.0 Å². The minimum absolute atomic E-state index is 0.0351. The van der Waals surface area contributed by atoms with Gasteiger partial charge in [-0.25, -0.2) is 8.42 Å². The Morgan fingerprint density at radius 2 is 1.74 bits per heavy atom. The highest BCUT2D eigenvalue weighted by Crippen LogP contribution is 2.29. The molecule has 1 amide bonds. The summed E-state index contributed by atoms with van der Waals surface area (Å²) in [5.41, 5.74) is 2.62. The molecule has 1 saturated heterocycles. The molecule has 0 saturated carbocycles. The normalized spacial score (nSPS) is 17.6. The molecule has 4 rings (SSSR count). The summed E-state index contributed by atoms with van der Waals surface area (Å²) in [6, 6.07) is 18.2. The monoisotopic (exact) mass is 545 g/mol. The number of para-hydroxylation sites is 1. The first-order valence-electron chi connectivity index (χ1n) is 12.0. The van der Waals surface area contributed by atoms with E-state index in [9.17, 15) is 22.0 Å². The lowest BCUT2D eigenvalue weighted by atomic mass is 10.0. The van der Waals surface area contributed by atoms with E-state index in [0.717, 1.165) is 11.1 Å². The van der Waals surface area contributed by atoms with E-state index < -0.39 is 28.7 Å². The number of benzene rings is 3. The van der Waals surface area contributed by atoms with Gasteiger partial charge in [0, 0.05) is 5.56 Å². The molecule has 0 aromatic heterocycles. The summed E-state index contributed by atoms with van der Waals surface area (Å²) < 4.78 is 68.4. The van der Waals surface area contributed by atoms with Crippen molar-refractivity contribution in [3.05, 3.63) is 89.0 Å². The van der Waals surface area contributed by atoms with Crippen molar-refractivity contribution in [3.63, 3.8) is 0 Å². The maximum atomic E-state index is 13.2. The average molecular weight is 546 g/mol. The van der Waals surface area contributed by atoms with Crippen LogP contribution in [0.2, 0.25) is 0 Å². The molecule has 2 unspecified atom stereocenters. The molecule has 3 aromatic rings. The molecule has 0 aliphatic carbocycles. The van der Waals surface area contributed by atoms with Crippen LogP contribution in [0.25, 0.3) is 0 Å². The van der Waals surface area contributed by atoms with E-state index in [2.05, 4.69) is 0 Å². The number of halogens is 2. The Morgan fingerprint density at radius 3 is 2.47 bits per heavy atom. The van der Waals surface area contributed by atoms with E-state index in [1.54, 1.807) is 48.5 Å². The lowest BCUT2D eigenvalue weighted by Crippen LogP contribution is -2.34. The third-order valence-corrected chi connectivity index (χ3v) is 8.07. The van der Waals surface area contributed by atoms with Gasteiger partial charge in [-0.2, -0.15) is 8.78 Å². The Hall–Kier alpha value is -3.50. The lowest BCUT2D eigenvalue weighted by Gasteiger charge is -2.20. The molecule has 1 heterocycles. The number of methoxy groups -OCH3 is 1. The van der Waals surface area contributed by atoms with Gasteiger partial charge in [-0.3, -0.25) is 4.79 Å². The molecule has 7 nitrogen and oxygen atoms in total. The van der Waals surface area contributed by atoms with E-state index in [0.29, 0.717) is 11.1 Å². The number of rotatable bonds is 9. The number of alkyl halides is 2. The quantitative estimate of drug-likeness (QED) is 0.384. The molecule has 0 N–H and O–H groups in total. The topological polar surface area (TPSA) is 82.1 Å². The van der Waals surface area contributed by atoms with E-state index >= 15 is 0 Å². The molecule has 2 atom stereocenters. The second-order valence-corrected chi connectivity index (χ2v) is 11.1. The van der Waals surface area contributed by atoms with Crippen molar-refractivity contribution < 1.29 is 36.2 Å². The Morgan fingerprint density at radius 1 is 1.00 bits per heavy atom. The highest BCUT2D eigenvalue weighted by Gasteiger charge is 2.40. The number of hydrogen-bond donors (Lipinski definition) is 0. The van der Waals surface area contributed by atoms with Crippen LogP contribution in [-0.2, 0) is 20.3 Å². The molecule has 1 aliphatic rings. The predicted octanol–water partition coefficient (Wildman–Crippen LogP) is 4.80. The van der Waals surface area contributed by atoms with Crippen molar-refractivity contribution in [2.75, 3.05) is 20.2 Å². The Bertz CT molecular complexity index is 1410. The van der Waals surface area contributed by atoms with Crippen LogP contribution in [-0.4, -0.2) is 58.2 Å². The fourth-order valence-corrected chi connectivity index (χ4v) is 6.00. The lowest BCUT2D eigenvalue weighted by molar-refractivity contribution is -0.173. The van der Waals surface area contributed by atoms with E-state index in [1.165, 1.54) is 18.1 Å². The van der Waals surface area contributed by atoms with Gasteiger partial charge in [-0.05, 0) is 55.3 Å². The van der Waals surface area contributed by atoms with Crippen molar-refractivity contribution >= 4 is 15.7 Å². The highest BCUT2D eigenvalue weighted by atomic mass is 32.2. The number of carbonyl (C=O) groups excluding carboxylic acids is 1. The summed E-state index contributed by atoms with van der Waals surface area (Å²) in [7, 11) is -2.34. The second-order valence-electron chi connectivity index (χ2n) is 9.18. The Balaban J connectivity index is 1.53. The third-order valence-electron chi connectivity index (χ3n) is 6.35. The summed E-state index contributed by atoms with van der Waals surface area (Å²) in [4.78, 5) is 14.7. The maximum Gasteiger partial charge on any atom is 0.345 e. The molecule has 1 fully saturated rings. The van der Waals surface area contributed by atoms with Gasteiger partial charge in [0.1, 0.15) is 28.6 Å². The van der Waals surface area contributed by atoms with Gasteiger partial charge in [0.25, 0.3) is 5.91 Å². The Kier molecular flexibility index (Phi) is 8.32. The number of amides is 1. The number of ether oxygens (including phenoxy) is 3. The molecule has 0 spiro atoms. The van der Waals surface area contributed by atoms with E-state index in [4.69, 9.17) is 14.2 Å². The van der Waals surface area contributed by atoms with E-state index in [1.807, 2.05) is 26.0 Å². The van der Waals surface area contributed by atoms with E-state index in [-0.39, 0.29) is 41.1 Å². The van der Waals surface area contributed by atoms with Gasteiger partial charge < -0.3 is 19.1 Å². The van der Waals surface area contributed by atoms with Crippen LogP contribution >= 0.6 is 0 Å². The zero-order valence-electron chi connectivity index (χ0n) is 21.3. The van der Waals surface area contributed by atoms with Gasteiger partial charge in [0.15, 0.2) is 9.84 Å². The van der Waals surface area contributed by atoms with Crippen molar-refractivity contribution in [1.82, 2.24) is 4.90 Å².